The summed E-state index contributed by atoms with van der Waals surface area (Å²) in [6.45, 7) is 0. The lowest BCUT2D eigenvalue weighted by Gasteiger charge is -2.08. The molecule has 0 saturated carbocycles. The molecule has 0 saturated heterocycles. The van der Waals surface area contributed by atoms with E-state index in [1.54, 1.807) is 18.5 Å². The van der Waals surface area contributed by atoms with E-state index in [0.29, 0.717) is 11.5 Å². The molecule has 0 radical (unpaired) electrons. The van der Waals surface area contributed by atoms with Crippen molar-refractivity contribution in [3.63, 3.8) is 0 Å². The van der Waals surface area contributed by atoms with Gasteiger partial charge in [0.15, 0.2) is 0 Å². The number of benzene rings is 1. The van der Waals surface area contributed by atoms with Crippen molar-refractivity contribution >= 4 is 28.4 Å². The number of carbonyl (C=O) groups is 1. The van der Waals surface area contributed by atoms with E-state index in [0.717, 1.165) is 10.9 Å². The zero-order valence-electron chi connectivity index (χ0n) is 10.4. The number of hydrogen-bond donors (Lipinski definition) is 2. The average Bonchev–Trinajstić information content (AvgIpc) is 2.47. The number of hydrogen-bond acceptors (Lipinski definition) is 4. The lowest BCUT2D eigenvalue weighted by atomic mass is 10.2. The maximum Gasteiger partial charge on any atom is 0.339 e. The lowest BCUT2D eigenvalue weighted by molar-refractivity contribution is 0.0697. The first-order chi connectivity index (χ1) is 9.74. The Labute approximate surface area is 114 Å². The van der Waals surface area contributed by atoms with E-state index in [-0.39, 0.29) is 5.56 Å². The van der Waals surface area contributed by atoms with Crippen LogP contribution in [0.1, 0.15) is 10.4 Å². The number of carboxylic acids is 1. The molecule has 5 nitrogen and oxygen atoms in total. The van der Waals surface area contributed by atoms with Gasteiger partial charge in [0, 0.05) is 11.6 Å². The van der Waals surface area contributed by atoms with Gasteiger partial charge in [-0.1, -0.05) is 18.2 Å². The van der Waals surface area contributed by atoms with E-state index < -0.39 is 5.97 Å². The van der Waals surface area contributed by atoms with Gasteiger partial charge in [-0.3, -0.25) is 4.98 Å². The van der Waals surface area contributed by atoms with Gasteiger partial charge in [-0.05, 0) is 24.3 Å². The Kier molecular flexibility index (Phi) is 3.01. The summed E-state index contributed by atoms with van der Waals surface area (Å²) in [5.74, 6) is -0.716. The molecule has 5 heteroatoms. The van der Waals surface area contributed by atoms with Gasteiger partial charge < -0.3 is 10.4 Å². The number of anilines is 2. The number of aromatic nitrogens is 2. The SMILES string of the molecule is O=C(O)c1cccnc1Nc1cnc2ccccc2c1. The summed E-state index contributed by atoms with van der Waals surface area (Å²) in [6.07, 6.45) is 3.20. The third kappa shape index (κ3) is 2.29. The highest BCUT2D eigenvalue weighted by molar-refractivity contribution is 5.94. The Balaban J connectivity index is 1.99. The molecule has 98 valence electrons. The summed E-state index contributed by atoms with van der Waals surface area (Å²) < 4.78 is 0. The second kappa shape index (κ2) is 4.97. The first kappa shape index (κ1) is 12.1. The van der Waals surface area contributed by atoms with Crippen LogP contribution in [-0.4, -0.2) is 21.0 Å². The number of carboxylic acid groups (broad SMARTS) is 1. The zero-order chi connectivity index (χ0) is 13.9. The molecule has 0 aliphatic carbocycles. The number of pyridine rings is 2. The summed E-state index contributed by atoms with van der Waals surface area (Å²) in [6, 6.07) is 12.7. The summed E-state index contributed by atoms with van der Waals surface area (Å²) in [7, 11) is 0. The maximum atomic E-state index is 11.1. The maximum absolute atomic E-state index is 11.1. The molecular formula is C15H11N3O2. The van der Waals surface area contributed by atoms with E-state index in [4.69, 9.17) is 5.11 Å². The van der Waals surface area contributed by atoms with Crippen molar-refractivity contribution in [2.75, 3.05) is 5.32 Å². The Hall–Kier alpha value is -2.95. The standard InChI is InChI=1S/C15H11N3O2/c19-15(20)12-5-3-7-16-14(12)18-11-8-10-4-1-2-6-13(10)17-9-11/h1-9H,(H,16,18)(H,19,20). The fourth-order valence-electron chi connectivity index (χ4n) is 1.95. The fourth-order valence-corrected chi connectivity index (χ4v) is 1.95. The molecule has 0 fully saturated rings. The first-order valence-corrected chi connectivity index (χ1v) is 6.04. The minimum Gasteiger partial charge on any atom is -0.478 e. The predicted molar refractivity (Wildman–Crippen MR) is 76.2 cm³/mol. The summed E-state index contributed by atoms with van der Waals surface area (Å²) >= 11 is 0. The first-order valence-electron chi connectivity index (χ1n) is 6.04. The van der Waals surface area contributed by atoms with Gasteiger partial charge in [-0.25, -0.2) is 9.78 Å². The number of aromatic carboxylic acids is 1. The molecule has 0 bridgehead atoms. The summed E-state index contributed by atoms with van der Waals surface area (Å²) in [4.78, 5) is 19.5. The van der Waals surface area contributed by atoms with Gasteiger partial charge in [-0.2, -0.15) is 0 Å². The summed E-state index contributed by atoms with van der Waals surface area (Å²) in [5.41, 5.74) is 1.71. The van der Waals surface area contributed by atoms with Crippen LogP contribution in [-0.2, 0) is 0 Å². The van der Waals surface area contributed by atoms with E-state index in [1.165, 1.54) is 6.07 Å². The molecule has 0 aliphatic heterocycles. The number of para-hydroxylation sites is 1. The van der Waals surface area contributed by atoms with Crippen LogP contribution >= 0.6 is 0 Å². The van der Waals surface area contributed by atoms with E-state index >= 15 is 0 Å². The molecule has 20 heavy (non-hydrogen) atoms. The fraction of sp³-hybridized carbons (Fsp3) is 0. The second-order valence-electron chi connectivity index (χ2n) is 4.25. The van der Waals surface area contributed by atoms with Crippen LogP contribution in [0.25, 0.3) is 10.9 Å². The van der Waals surface area contributed by atoms with Crippen LogP contribution in [0.15, 0.2) is 54.9 Å². The molecule has 0 aliphatic rings. The molecule has 0 atom stereocenters. The van der Waals surface area contributed by atoms with E-state index in [1.807, 2.05) is 30.3 Å². The lowest BCUT2D eigenvalue weighted by Crippen LogP contribution is -2.04. The van der Waals surface area contributed by atoms with Crippen molar-refractivity contribution in [3.05, 3.63) is 60.4 Å². The van der Waals surface area contributed by atoms with Crippen LogP contribution in [0.5, 0.6) is 0 Å². The van der Waals surface area contributed by atoms with Gasteiger partial charge in [-0.15, -0.1) is 0 Å². The Bertz CT molecular complexity index is 787. The third-order valence-electron chi connectivity index (χ3n) is 2.89. The second-order valence-corrected chi connectivity index (χ2v) is 4.25. The average molecular weight is 265 g/mol. The number of fused-ring (bicyclic) bond motifs is 1. The zero-order valence-corrected chi connectivity index (χ0v) is 10.4. The van der Waals surface area contributed by atoms with Gasteiger partial charge in [0.2, 0.25) is 0 Å². The molecule has 0 amide bonds. The topological polar surface area (TPSA) is 75.1 Å². The molecule has 2 N–H and O–H groups in total. The number of nitrogens with zero attached hydrogens (tertiary/aromatic N) is 2. The number of rotatable bonds is 3. The van der Waals surface area contributed by atoms with Crippen molar-refractivity contribution in [2.24, 2.45) is 0 Å². The van der Waals surface area contributed by atoms with Crippen molar-refractivity contribution in [3.8, 4) is 0 Å². The smallest absolute Gasteiger partial charge is 0.339 e. The van der Waals surface area contributed by atoms with Gasteiger partial charge in [0.1, 0.15) is 11.4 Å². The van der Waals surface area contributed by atoms with Gasteiger partial charge in [0.25, 0.3) is 0 Å². The monoisotopic (exact) mass is 265 g/mol. The van der Waals surface area contributed by atoms with Crippen LogP contribution in [0.3, 0.4) is 0 Å². The highest BCUT2D eigenvalue weighted by Crippen LogP contribution is 2.21. The van der Waals surface area contributed by atoms with Crippen molar-refractivity contribution in [1.29, 1.82) is 0 Å². The Morgan fingerprint density at radius 3 is 2.80 bits per heavy atom. The quantitative estimate of drug-likeness (QED) is 0.761. The molecule has 3 aromatic rings. The normalized spacial score (nSPS) is 10.4. The van der Waals surface area contributed by atoms with Crippen LogP contribution in [0.2, 0.25) is 0 Å². The van der Waals surface area contributed by atoms with Crippen molar-refractivity contribution in [1.82, 2.24) is 9.97 Å². The highest BCUT2D eigenvalue weighted by atomic mass is 16.4. The van der Waals surface area contributed by atoms with E-state index in [2.05, 4.69) is 15.3 Å². The van der Waals surface area contributed by atoms with E-state index in [9.17, 15) is 4.79 Å². The predicted octanol–water partition coefficient (Wildman–Crippen LogP) is 3.07. The molecule has 2 heterocycles. The Morgan fingerprint density at radius 1 is 1.10 bits per heavy atom. The van der Waals surface area contributed by atoms with Crippen LogP contribution in [0, 0.1) is 0 Å². The summed E-state index contributed by atoms with van der Waals surface area (Å²) in [5, 5.41) is 13.1. The minimum atomic E-state index is -1.02. The van der Waals surface area contributed by atoms with Crippen LogP contribution < -0.4 is 5.32 Å². The van der Waals surface area contributed by atoms with Gasteiger partial charge >= 0.3 is 5.97 Å². The van der Waals surface area contributed by atoms with Gasteiger partial charge in [0.05, 0.1) is 17.4 Å². The van der Waals surface area contributed by atoms with Crippen molar-refractivity contribution in [2.45, 2.75) is 0 Å². The molecular weight excluding hydrogens is 254 g/mol. The van der Waals surface area contributed by atoms with Crippen LogP contribution in [0.4, 0.5) is 11.5 Å². The molecule has 2 aromatic heterocycles. The Morgan fingerprint density at radius 2 is 1.95 bits per heavy atom. The molecule has 1 aromatic carbocycles. The molecule has 3 rings (SSSR count). The minimum absolute atomic E-state index is 0.126. The van der Waals surface area contributed by atoms with Crippen molar-refractivity contribution < 1.29 is 9.90 Å². The molecule has 0 spiro atoms. The largest absolute Gasteiger partial charge is 0.478 e. The molecule has 0 unspecified atom stereocenters. The third-order valence-corrected chi connectivity index (χ3v) is 2.89. The highest BCUT2D eigenvalue weighted by Gasteiger charge is 2.10. The number of nitrogens with one attached hydrogen (secondary N) is 1.